The molecule has 0 saturated heterocycles. The molecule has 1 saturated carbocycles. The minimum atomic E-state index is 0. The molecule has 0 radical (unpaired) electrons. The van der Waals surface area contributed by atoms with E-state index in [0.717, 1.165) is 31.5 Å². The summed E-state index contributed by atoms with van der Waals surface area (Å²) >= 11 is 0. The van der Waals surface area contributed by atoms with Gasteiger partial charge in [-0.3, -0.25) is 4.99 Å². The van der Waals surface area contributed by atoms with E-state index in [2.05, 4.69) is 31.4 Å². The van der Waals surface area contributed by atoms with Crippen molar-refractivity contribution >= 4 is 29.9 Å². The number of guanidine groups is 1. The zero-order valence-corrected chi connectivity index (χ0v) is 16.4. The zero-order valence-electron chi connectivity index (χ0n) is 14.1. The molecule has 1 unspecified atom stereocenters. The van der Waals surface area contributed by atoms with E-state index in [1.54, 1.807) is 0 Å². The quantitative estimate of drug-likeness (QED) is 0.327. The topological polar surface area (TPSA) is 56.7 Å². The Morgan fingerprint density at radius 1 is 1.24 bits per heavy atom. The molecule has 1 atom stereocenters. The van der Waals surface area contributed by atoms with E-state index in [-0.39, 0.29) is 36.5 Å². The van der Waals surface area contributed by atoms with Gasteiger partial charge in [0.1, 0.15) is 0 Å². The van der Waals surface area contributed by atoms with Crippen molar-refractivity contribution in [2.45, 2.75) is 53.4 Å². The first-order chi connectivity index (χ1) is 9.51. The number of aliphatic hydroxyl groups excluding tert-OH is 1. The van der Waals surface area contributed by atoms with Gasteiger partial charge in [-0.05, 0) is 43.4 Å². The molecule has 1 fully saturated rings. The molecule has 1 aliphatic carbocycles. The summed E-state index contributed by atoms with van der Waals surface area (Å²) in [4.78, 5) is 4.78. The highest BCUT2D eigenvalue weighted by Crippen LogP contribution is 2.46. The summed E-state index contributed by atoms with van der Waals surface area (Å²) in [5.74, 6) is 1.89. The molecule has 1 aliphatic rings. The van der Waals surface area contributed by atoms with Crippen molar-refractivity contribution in [1.82, 2.24) is 10.6 Å². The first-order valence-corrected chi connectivity index (χ1v) is 8.14. The molecule has 1 rings (SSSR count). The predicted molar refractivity (Wildman–Crippen MR) is 101 cm³/mol. The molecule has 21 heavy (non-hydrogen) atoms. The molecule has 0 aromatic rings. The lowest BCUT2D eigenvalue weighted by atomic mass is 9.64. The average Bonchev–Trinajstić information content (AvgIpc) is 2.37. The van der Waals surface area contributed by atoms with Crippen LogP contribution < -0.4 is 10.6 Å². The van der Waals surface area contributed by atoms with Gasteiger partial charge in [-0.25, -0.2) is 0 Å². The number of nitrogens with zero attached hydrogens (tertiary/aromatic N) is 1. The van der Waals surface area contributed by atoms with E-state index in [9.17, 15) is 0 Å². The van der Waals surface area contributed by atoms with E-state index in [0.29, 0.717) is 5.41 Å². The van der Waals surface area contributed by atoms with Crippen molar-refractivity contribution in [2.24, 2.45) is 22.2 Å². The van der Waals surface area contributed by atoms with Crippen molar-refractivity contribution < 1.29 is 5.11 Å². The van der Waals surface area contributed by atoms with Crippen LogP contribution >= 0.6 is 24.0 Å². The largest absolute Gasteiger partial charge is 0.396 e. The Hall–Kier alpha value is -0.0400. The average molecular weight is 411 g/mol. The van der Waals surface area contributed by atoms with Crippen LogP contribution in [0.3, 0.4) is 0 Å². The molecule has 0 bridgehead atoms. The van der Waals surface area contributed by atoms with E-state index in [1.165, 1.54) is 25.7 Å². The van der Waals surface area contributed by atoms with Crippen molar-refractivity contribution in [2.75, 3.05) is 26.2 Å². The highest BCUT2D eigenvalue weighted by Gasteiger charge is 2.37. The van der Waals surface area contributed by atoms with Crippen LogP contribution in [0, 0.1) is 17.3 Å². The normalized spacial score (nSPS) is 18.7. The van der Waals surface area contributed by atoms with Crippen LogP contribution in [0.5, 0.6) is 0 Å². The van der Waals surface area contributed by atoms with Gasteiger partial charge in [0.25, 0.3) is 0 Å². The Bertz CT molecular complexity index is 304. The van der Waals surface area contributed by atoms with Gasteiger partial charge >= 0.3 is 0 Å². The van der Waals surface area contributed by atoms with Crippen molar-refractivity contribution in [3.63, 3.8) is 0 Å². The Morgan fingerprint density at radius 3 is 2.33 bits per heavy atom. The fraction of sp³-hybridized carbons (Fsp3) is 0.938. The maximum Gasteiger partial charge on any atom is 0.191 e. The lowest BCUT2D eigenvalue weighted by Gasteiger charge is -2.42. The summed E-state index contributed by atoms with van der Waals surface area (Å²) in [6, 6.07) is 0. The van der Waals surface area contributed by atoms with E-state index < -0.39 is 0 Å². The van der Waals surface area contributed by atoms with Gasteiger partial charge in [-0.1, -0.05) is 27.2 Å². The van der Waals surface area contributed by atoms with Crippen molar-refractivity contribution in [1.29, 1.82) is 0 Å². The van der Waals surface area contributed by atoms with E-state index in [1.807, 2.05) is 6.92 Å². The number of aliphatic imine (C=N–C) groups is 1. The standard InChI is InChI=1S/C16H33N3O.HI/c1-5-17-15(18-10-14(4)11-20)19-12-16(7-6-8-16)9-13(2)3;/h13-14,20H,5-12H2,1-4H3,(H2,17,18,19);1H. The Morgan fingerprint density at radius 2 is 1.90 bits per heavy atom. The van der Waals surface area contributed by atoms with Gasteiger partial charge in [0.05, 0.1) is 0 Å². The lowest BCUT2D eigenvalue weighted by Crippen LogP contribution is -2.42. The number of hydrogen-bond donors (Lipinski definition) is 3. The van der Waals surface area contributed by atoms with Crippen molar-refractivity contribution in [3.8, 4) is 0 Å². The first kappa shape index (κ1) is 21.0. The SMILES string of the molecule is CCNC(=NCC1(CC(C)C)CCC1)NCC(C)CO.I. The van der Waals surface area contributed by atoms with Crippen LogP contribution in [-0.4, -0.2) is 37.3 Å². The maximum atomic E-state index is 9.08. The number of halogens is 1. The Kier molecular flexibility index (Phi) is 10.6. The number of hydrogen-bond acceptors (Lipinski definition) is 2. The van der Waals surface area contributed by atoms with Crippen LogP contribution in [0.2, 0.25) is 0 Å². The summed E-state index contributed by atoms with van der Waals surface area (Å²) in [5, 5.41) is 15.7. The van der Waals surface area contributed by atoms with E-state index >= 15 is 0 Å². The fourth-order valence-electron chi connectivity index (χ4n) is 2.89. The molecule has 0 spiro atoms. The van der Waals surface area contributed by atoms with E-state index in [4.69, 9.17) is 10.1 Å². The zero-order chi connectivity index (χ0) is 15.0. The predicted octanol–water partition coefficient (Wildman–Crippen LogP) is 3.00. The molecule has 0 amide bonds. The molecular formula is C16H34IN3O. The van der Waals surface area contributed by atoms with Crippen LogP contribution in [0.15, 0.2) is 4.99 Å². The van der Waals surface area contributed by atoms with Crippen LogP contribution in [-0.2, 0) is 0 Å². The smallest absolute Gasteiger partial charge is 0.191 e. The molecule has 126 valence electrons. The molecule has 0 aliphatic heterocycles. The molecule has 3 N–H and O–H groups in total. The summed E-state index contributed by atoms with van der Waals surface area (Å²) in [6.07, 6.45) is 5.28. The number of rotatable bonds is 8. The summed E-state index contributed by atoms with van der Waals surface area (Å²) in [5.41, 5.74) is 0.444. The second kappa shape index (κ2) is 10.6. The highest BCUT2D eigenvalue weighted by atomic mass is 127. The molecule has 0 aromatic heterocycles. The van der Waals surface area contributed by atoms with Gasteiger partial charge < -0.3 is 15.7 Å². The van der Waals surface area contributed by atoms with Crippen LogP contribution in [0.1, 0.15) is 53.4 Å². The highest BCUT2D eigenvalue weighted by molar-refractivity contribution is 14.0. The lowest BCUT2D eigenvalue weighted by molar-refractivity contribution is 0.111. The third-order valence-electron chi connectivity index (χ3n) is 4.10. The second-order valence-electron chi connectivity index (χ2n) is 6.82. The molecule has 5 heteroatoms. The molecule has 4 nitrogen and oxygen atoms in total. The second-order valence-corrected chi connectivity index (χ2v) is 6.82. The minimum absolute atomic E-state index is 0. The van der Waals surface area contributed by atoms with Gasteiger partial charge in [0.2, 0.25) is 0 Å². The first-order valence-electron chi connectivity index (χ1n) is 8.14. The summed E-state index contributed by atoms with van der Waals surface area (Å²) < 4.78 is 0. The third kappa shape index (κ3) is 7.68. The Balaban J connectivity index is 0.00000400. The molecule has 0 aromatic carbocycles. The number of nitrogens with one attached hydrogen (secondary N) is 2. The molecular weight excluding hydrogens is 377 g/mol. The van der Waals surface area contributed by atoms with Gasteiger partial charge in [-0.15, -0.1) is 24.0 Å². The molecule has 0 heterocycles. The Labute approximate surface area is 147 Å². The maximum absolute atomic E-state index is 9.08. The number of aliphatic hydroxyl groups is 1. The van der Waals surface area contributed by atoms with Crippen molar-refractivity contribution in [3.05, 3.63) is 0 Å². The van der Waals surface area contributed by atoms with Gasteiger partial charge in [0, 0.05) is 26.2 Å². The monoisotopic (exact) mass is 411 g/mol. The van der Waals surface area contributed by atoms with Crippen LogP contribution in [0.4, 0.5) is 0 Å². The minimum Gasteiger partial charge on any atom is -0.396 e. The fourth-order valence-corrected chi connectivity index (χ4v) is 2.89. The van der Waals surface area contributed by atoms with Crippen LogP contribution in [0.25, 0.3) is 0 Å². The summed E-state index contributed by atoms with van der Waals surface area (Å²) in [6.45, 7) is 11.5. The third-order valence-corrected chi connectivity index (χ3v) is 4.10. The van der Waals surface area contributed by atoms with Gasteiger partial charge in [-0.2, -0.15) is 0 Å². The summed E-state index contributed by atoms with van der Waals surface area (Å²) in [7, 11) is 0. The van der Waals surface area contributed by atoms with Gasteiger partial charge in [0.15, 0.2) is 5.96 Å².